The molecule has 3 aromatic rings. The smallest absolute Gasteiger partial charge is 0.208 e. The third kappa shape index (κ3) is 1.88. The van der Waals surface area contributed by atoms with Crippen LogP contribution in [0.25, 0.3) is 5.52 Å². The summed E-state index contributed by atoms with van der Waals surface area (Å²) in [5, 5.41) is 9.23. The Labute approximate surface area is 110 Å². The van der Waals surface area contributed by atoms with Crippen molar-refractivity contribution in [3.8, 4) is 5.75 Å². The molecule has 5 heteroatoms. The Morgan fingerprint density at radius 3 is 2.37 bits per heavy atom. The highest BCUT2D eigenvalue weighted by molar-refractivity contribution is 7.91. The SMILES string of the molecule is O=S(=O)(c1ccc(O)cc1)c1ccn2ccccc12. The number of phenols is 1. The van der Waals surface area contributed by atoms with Crippen LogP contribution in [0.2, 0.25) is 0 Å². The third-order valence-corrected chi connectivity index (χ3v) is 4.78. The van der Waals surface area contributed by atoms with Gasteiger partial charge in [0.2, 0.25) is 9.84 Å². The largest absolute Gasteiger partial charge is 0.508 e. The number of hydrogen-bond acceptors (Lipinski definition) is 3. The predicted octanol–water partition coefficient (Wildman–Crippen LogP) is 2.48. The van der Waals surface area contributed by atoms with Crippen molar-refractivity contribution in [2.75, 3.05) is 0 Å². The predicted molar refractivity (Wildman–Crippen MR) is 71.0 cm³/mol. The van der Waals surface area contributed by atoms with Crippen LogP contribution in [0.1, 0.15) is 0 Å². The second kappa shape index (κ2) is 4.13. The molecule has 0 saturated carbocycles. The molecule has 0 amide bonds. The lowest BCUT2D eigenvalue weighted by molar-refractivity contribution is 0.475. The Morgan fingerprint density at radius 1 is 0.895 bits per heavy atom. The van der Waals surface area contributed by atoms with Crippen LogP contribution in [-0.4, -0.2) is 17.9 Å². The highest BCUT2D eigenvalue weighted by Crippen LogP contribution is 2.26. The summed E-state index contributed by atoms with van der Waals surface area (Å²) >= 11 is 0. The molecule has 3 rings (SSSR count). The van der Waals surface area contributed by atoms with E-state index in [4.69, 9.17) is 0 Å². The first kappa shape index (κ1) is 11.8. The Bertz CT molecular complexity index is 833. The van der Waals surface area contributed by atoms with E-state index in [9.17, 15) is 13.5 Å². The van der Waals surface area contributed by atoms with Crippen LogP contribution in [0.4, 0.5) is 0 Å². The summed E-state index contributed by atoms with van der Waals surface area (Å²) in [6, 6.07) is 12.5. The van der Waals surface area contributed by atoms with Crippen LogP contribution >= 0.6 is 0 Å². The number of nitrogens with zero attached hydrogens (tertiary/aromatic N) is 1. The van der Waals surface area contributed by atoms with Crippen molar-refractivity contribution in [2.45, 2.75) is 9.79 Å². The number of benzene rings is 1. The molecule has 0 bridgehead atoms. The fourth-order valence-corrected chi connectivity index (χ4v) is 3.44. The van der Waals surface area contributed by atoms with Gasteiger partial charge in [-0.25, -0.2) is 8.42 Å². The minimum atomic E-state index is -3.57. The molecule has 19 heavy (non-hydrogen) atoms. The first-order valence-corrected chi connectivity index (χ1v) is 7.17. The second-order valence-electron chi connectivity index (χ2n) is 4.17. The molecule has 2 heterocycles. The zero-order chi connectivity index (χ0) is 13.5. The summed E-state index contributed by atoms with van der Waals surface area (Å²) < 4.78 is 26.8. The van der Waals surface area contributed by atoms with E-state index in [-0.39, 0.29) is 15.5 Å². The topological polar surface area (TPSA) is 58.8 Å². The lowest BCUT2D eigenvalue weighted by Crippen LogP contribution is -2.01. The van der Waals surface area contributed by atoms with Crippen molar-refractivity contribution in [3.05, 3.63) is 60.9 Å². The van der Waals surface area contributed by atoms with E-state index in [0.717, 1.165) is 0 Å². The molecule has 0 fully saturated rings. The summed E-state index contributed by atoms with van der Waals surface area (Å²) in [6.07, 6.45) is 3.51. The van der Waals surface area contributed by atoms with E-state index >= 15 is 0 Å². The number of fused-ring (bicyclic) bond motifs is 1. The number of rotatable bonds is 2. The van der Waals surface area contributed by atoms with E-state index in [0.29, 0.717) is 5.52 Å². The highest BCUT2D eigenvalue weighted by atomic mass is 32.2. The molecular formula is C14H11NO3S. The van der Waals surface area contributed by atoms with Crippen LogP contribution in [0.5, 0.6) is 5.75 Å². The Balaban J connectivity index is 2.22. The van der Waals surface area contributed by atoms with Gasteiger partial charge in [-0.3, -0.25) is 0 Å². The molecule has 0 aliphatic heterocycles. The van der Waals surface area contributed by atoms with Gasteiger partial charge >= 0.3 is 0 Å². The fourth-order valence-electron chi connectivity index (χ4n) is 2.01. The van der Waals surface area contributed by atoms with E-state index in [1.165, 1.54) is 24.3 Å². The maximum atomic E-state index is 12.5. The Morgan fingerprint density at radius 2 is 1.63 bits per heavy atom. The number of pyridine rings is 1. The van der Waals surface area contributed by atoms with Gasteiger partial charge in [0, 0.05) is 12.4 Å². The molecule has 0 aliphatic carbocycles. The number of aromatic hydroxyl groups is 1. The van der Waals surface area contributed by atoms with Crippen molar-refractivity contribution in [2.24, 2.45) is 0 Å². The maximum Gasteiger partial charge on any atom is 0.208 e. The van der Waals surface area contributed by atoms with Crippen molar-refractivity contribution >= 4 is 15.4 Å². The van der Waals surface area contributed by atoms with Gasteiger partial charge in [-0.2, -0.15) is 0 Å². The van der Waals surface area contributed by atoms with Crippen LogP contribution in [0.15, 0.2) is 70.7 Å². The van der Waals surface area contributed by atoms with Gasteiger partial charge in [-0.05, 0) is 42.5 Å². The highest BCUT2D eigenvalue weighted by Gasteiger charge is 2.20. The van der Waals surface area contributed by atoms with Crippen molar-refractivity contribution in [3.63, 3.8) is 0 Å². The number of sulfone groups is 1. The van der Waals surface area contributed by atoms with Gasteiger partial charge in [0.1, 0.15) is 5.75 Å². The van der Waals surface area contributed by atoms with Crippen LogP contribution < -0.4 is 0 Å². The first-order chi connectivity index (χ1) is 9.09. The van der Waals surface area contributed by atoms with Crippen LogP contribution in [0.3, 0.4) is 0 Å². The lowest BCUT2D eigenvalue weighted by atomic mass is 10.3. The van der Waals surface area contributed by atoms with Gasteiger partial charge < -0.3 is 9.51 Å². The first-order valence-electron chi connectivity index (χ1n) is 5.69. The molecule has 0 saturated heterocycles. The normalized spacial score (nSPS) is 11.8. The van der Waals surface area contributed by atoms with Gasteiger partial charge in [0.15, 0.2) is 0 Å². The molecule has 96 valence electrons. The summed E-state index contributed by atoms with van der Waals surface area (Å²) in [6.45, 7) is 0. The minimum Gasteiger partial charge on any atom is -0.508 e. The molecule has 1 N–H and O–H groups in total. The number of hydrogen-bond donors (Lipinski definition) is 1. The molecule has 2 aromatic heterocycles. The summed E-state index contributed by atoms with van der Waals surface area (Å²) in [5.74, 6) is 0.0423. The molecule has 0 unspecified atom stereocenters. The van der Waals surface area contributed by atoms with E-state index < -0.39 is 9.84 Å². The number of aromatic nitrogens is 1. The average Bonchev–Trinajstić information content (AvgIpc) is 2.83. The molecule has 1 aromatic carbocycles. The second-order valence-corrected chi connectivity index (χ2v) is 6.09. The lowest BCUT2D eigenvalue weighted by Gasteiger charge is -2.04. The maximum absolute atomic E-state index is 12.5. The summed E-state index contributed by atoms with van der Waals surface area (Å²) in [5.41, 5.74) is 0.635. The molecule has 0 radical (unpaired) electrons. The number of phenolic OH excluding ortho intramolecular Hbond substituents is 1. The minimum absolute atomic E-state index is 0.0423. The molecule has 0 spiro atoms. The van der Waals surface area contributed by atoms with E-state index in [1.807, 2.05) is 6.07 Å². The van der Waals surface area contributed by atoms with Gasteiger partial charge in [-0.15, -0.1) is 0 Å². The summed E-state index contributed by atoms with van der Waals surface area (Å²) in [4.78, 5) is 0.432. The zero-order valence-electron chi connectivity index (χ0n) is 9.89. The van der Waals surface area contributed by atoms with E-state index in [2.05, 4.69) is 0 Å². The van der Waals surface area contributed by atoms with E-state index in [1.54, 1.807) is 35.0 Å². The summed E-state index contributed by atoms with van der Waals surface area (Å²) in [7, 11) is -3.57. The van der Waals surface area contributed by atoms with Gasteiger partial charge in [0.25, 0.3) is 0 Å². The molecule has 0 aliphatic rings. The van der Waals surface area contributed by atoms with Crippen molar-refractivity contribution < 1.29 is 13.5 Å². The Hall–Kier alpha value is -2.27. The zero-order valence-corrected chi connectivity index (χ0v) is 10.7. The van der Waals surface area contributed by atoms with Crippen LogP contribution in [-0.2, 0) is 9.84 Å². The third-order valence-electron chi connectivity index (χ3n) is 2.97. The molecular weight excluding hydrogens is 262 g/mol. The standard InChI is InChI=1S/C14H11NO3S/c16-11-4-6-12(7-5-11)19(17,18)14-8-10-15-9-2-1-3-13(14)15/h1-10,16H. The fraction of sp³-hybridized carbons (Fsp3) is 0. The van der Waals surface area contributed by atoms with Crippen molar-refractivity contribution in [1.29, 1.82) is 0 Å². The molecule has 0 atom stereocenters. The Kier molecular flexibility index (Phi) is 2.57. The van der Waals surface area contributed by atoms with Crippen LogP contribution in [0, 0.1) is 0 Å². The average molecular weight is 273 g/mol. The van der Waals surface area contributed by atoms with Gasteiger partial charge in [0.05, 0.1) is 15.3 Å². The van der Waals surface area contributed by atoms with Crippen molar-refractivity contribution in [1.82, 2.24) is 4.40 Å². The quantitative estimate of drug-likeness (QED) is 0.780. The van der Waals surface area contributed by atoms with Gasteiger partial charge in [-0.1, -0.05) is 6.07 Å². The molecule has 4 nitrogen and oxygen atoms in total. The monoisotopic (exact) mass is 273 g/mol.